The summed E-state index contributed by atoms with van der Waals surface area (Å²) in [6.45, 7) is 6.47. The number of nitrogens with one attached hydrogen (secondary N) is 1. The van der Waals surface area contributed by atoms with Gasteiger partial charge in [0, 0.05) is 11.0 Å². The van der Waals surface area contributed by atoms with Crippen LogP contribution >= 0.6 is 27.5 Å². The molecule has 0 aliphatic carbocycles. The van der Waals surface area contributed by atoms with E-state index in [9.17, 15) is 4.79 Å². The van der Waals surface area contributed by atoms with E-state index in [1.54, 1.807) is 19.2 Å². The van der Waals surface area contributed by atoms with E-state index in [2.05, 4.69) is 46.1 Å². The van der Waals surface area contributed by atoms with Gasteiger partial charge >= 0.3 is 0 Å². The average molecular weight is 440 g/mol. The Morgan fingerprint density at radius 2 is 1.96 bits per heavy atom. The van der Waals surface area contributed by atoms with Crippen LogP contribution in [0.4, 0.5) is 0 Å². The molecule has 1 atom stereocenters. The van der Waals surface area contributed by atoms with Crippen LogP contribution < -0.4 is 10.1 Å². The van der Waals surface area contributed by atoms with Gasteiger partial charge in [-0.2, -0.15) is 0 Å². The van der Waals surface area contributed by atoms with Crippen LogP contribution in [-0.2, 0) is 0 Å². The van der Waals surface area contributed by atoms with Crippen molar-refractivity contribution in [3.8, 4) is 5.75 Å². The van der Waals surface area contributed by atoms with E-state index in [0.29, 0.717) is 17.1 Å². The molecule has 1 unspecified atom stereocenters. The van der Waals surface area contributed by atoms with Crippen LogP contribution in [0.25, 0.3) is 0 Å². The zero-order chi connectivity index (χ0) is 19.1. The zero-order valence-electron chi connectivity index (χ0n) is 15.3. The highest BCUT2D eigenvalue weighted by atomic mass is 79.9. The lowest BCUT2D eigenvalue weighted by Gasteiger charge is -2.30. The zero-order valence-corrected chi connectivity index (χ0v) is 17.6. The summed E-state index contributed by atoms with van der Waals surface area (Å²) in [6.07, 6.45) is 0. The standard InChI is InChI=1S/C20H24BrClN2O2/c1-4-24(5-2)19(14-7-6-8-16(11-14)26-3)13-23-20(25)17-12-15(21)9-10-18(17)22/h6-12,19H,4-5,13H2,1-3H3,(H,23,25). The highest BCUT2D eigenvalue weighted by Crippen LogP contribution is 2.25. The topological polar surface area (TPSA) is 41.6 Å². The molecule has 2 aromatic rings. The molecule has 0 saturated heterocycles. The summed E-state index contributed by atoms with van der Waals surface area (Å²) < 4.78 is 6.17. The number of hydrogen-bond donors (Lipinski definition) is 1. The van der Waals surface area contributed by atoms with E-state index in [-0.39, 0.29) is 11.9 Å². The maximum absolute atomic E-state index is 12.6. The molecule has 0 aliphatic heterocycles. The van der Waals surface area contributed by atoms with Crippen molar-refractivity contribution >= 4 is 33.4 Å². The summed E-state index contributed by atoms with van der Waals surface area (Å²) in [5.74, 6) is 0.623. The number of halogens is 2. The van der Waals surface area contributed by atoms with Crippen molar-refractivity contribution in [2.24, 2.45) is 0 Å². The molecule has 140 valence electrons. The first kappa shape index (κ1) is 20.7. The summed E-state index contributed by atoms with van der Waals surface area (Å²) in [5.41, 5.74) is 1.57. The third-order valence-corrected chi connectivity index (χ3v) is 5.18. The molecule has 1 amide bonds. The predicted molar refractivity (Wildman–Crippen MR) is 110 cm³/mol. The normalized spacial score (nSPS) is 12.1. The van der Waals surface area contributed by atoms with Gasteiger partial charge in [0.25, 0.3) is 5.91 Å². The average Bonchev–Trinajstić information content (AvgIpc) is 2.66. The fourth-order valence-electron chi connectivity index (χ4n) is 2.93. The van der Waals surface area contributed by atoms with Crippen molar-refractivity contribution in [3.63, 3.8) is 0 Å². The molecule has 0 saturated carbocycles. The highest BCUT2D eigenvalue weighted by molar-refractivity contribution is 9.10. The van der Waals surface area contributed by atoms with Crippen LogP contribution in [0.15, 0.2) is 46.9 Å². The second-order valence-electron chi connectivity index (χ2n) is 5.85. The molecule has 4 nitrogen and oxygen atoms in total. The predicted octanol–water partition coefficient (Wildman–Crippen LogP) is 4.92. The monoisotopic (exact) mass is 438 g/mol. The van der Waals surface area contributed by atoms with Gasteiger partial charge < -0.3 is 10.1 Å². The Morgan fingerprint density at radius 1 is 1.23 bits per heavy atom. The van der Waals surface area contributed by atoms with Crippen LogP contribution in [-0.4, -0.2) is 37.6 Å². The second-order valence-corrected chi connectivity index (χ2v) is 7.17. The number of benzene rings is 2. The number of nitrogens with zero attached hydrogens (tertiary/aromatic N) is 1. The SMILES string of the molecule is CCN(CC)C(CNC(=O)c1cc(Br)ccc1Cl)c1cccc(OC)c1. The molecule has 0 spiro atoms. The lowest BCUT2D eigenvalue weighted by Crippen LogP contribution is -2.38. The van der Waals surface area contributed by atoms with E-state index in [1.165, 1.54) is 0 Å². The van der Waals surface area contributed by atoms with Gasteiger partial charge in [-0.3, -0.25) is 9.69 Å². The number of carbonyl (C=O) groups excluding carboxylic acids is 1. The van der Waals surface area contributed by atoms with Gasteiger partial charge in [-0.15, -0.1) is 0 Å². The fraction of sp³-hybridized carbons (Fsp3) is 0.350. The summed E-state index contributed by atoms with van der Waals surface area (Å²) in [7, 11) is 1.66. The smallest absolute Gasteiger partial charge is 0.252 e. The number of likely N-dealkylation sites (N-methyl/N-ethyl adjacent to an activating group) is 1. The fourth-order valence-corrected chi connectivity index (χ4v) is 3.49. The Labute approximate surface area is 168 Å². The third-order valence-electron chi connectivity index (χ3n) is 4.36. The molecule has 2 aromatic carbocycles. The Morgan fingerprint density at radius 3 is 2.62 bits per heavy atom. The number of hydrogen-bond acceptors (Lipinski definition) is 3. The van der Waals surface area contributed by atoms with Crippen LogP contribution in [0.3, 0.4) is 0 Å². The minimum absolute atomic E-state index is 0.0509. The molecule has 0 heterocycles. The van der Waals surface area contributed by atoms with E-state index in [1.807, 2.05) is 24.3 Å². The molecule has 0 fully saturated rings. The van der Waals surface area contributed by atoms with Gasteiger partial charge in [0.15, 0.2) is 0 Å². The van der Waals surface area contributed by atoms with Crippen molar-refractivity contribution in [1.29, 1.82) is 0 Å². The van der Waals surface area contributed by atoms with Gasteiger partial charge in [0.2, 0.25) is 0 Å². The maximum atomic E-state index is 12.6. The molecular formula is C20H24BrClN2O2. The maximum Gasteiger partial charge on any atom is 0.252 e. The first-order valence-electron chi connectivity index (χ1n) is 8.61. The number of amides is 1. The van der Waals surface area contributed by atoms with E-state index in [0.717, 1.165) is 28.9 Å². The van der Waals surface area contributed by atoms with Gasteiger partial charge in [-0.05, 0) is 49.0 Å². The summed E-state index contributed by atoms with van der Waals surface area (Å²) >= 11 is 9.55. The molecule has 26 heavy (non-hydrogen) atoms. The summed E-state index contributed by atoms with van der Waals surface area (Å²) in [4.78, 5) is 14.9. The quantitative estimate of drug-likeness (QED) is 0.634. The van der Waals surface area contributed by atoms with Gasteiger partial charge in [0.05, 0.1) is 23.7 Å². The number of carbonyl (C=O) groups is 1. The van der Waals surface area contributed by atoms with Gasteiger partial charge in [0.1, 0.15) is 5.75 Å². The van der Waals surface area contributed by atoms with E-state index < -0.39 is 0 Å². The summed E-state index contributed by atoms with van der Waals surface area (Å²) in [6, 6.07) is 13.3. The second kappa shape index (κ2) is 9.95. The van der Waals surface area contributed by atoms with Gasteiger partial charge in [-0.25, -0.2) is 0 Å². The van der Waals surface area contributed by atoms with Crippen molar-refractivity contribution in [1.82, 2.24) is 10.2 Å². The first-order chi connectivity index (χ1) is 12.5. The molecule has 0 aliphatic rings. The Hall–Kier alpha value is -1.56. The molecular weight excluding hydrogens is 416 g/mol. The van der Waals surface area contributed by atoms with Gasteiger partial charge in [-0.1, -0.05) is 53.5 Å². The number of rotatable bonds is 8. The van der Waals surface area contributed by atoms with E-state index >= 15 is 0 Å². The molecule has 0 bridgehead atoms. The minimum Gasteiger partial charge on any atom is -0.497 e. The lowest BCUT2D eigenvalue weighted by molar-refractivity contribution is 0.0935. The Balaban J connectivity index is 2.21. The summed E-state index contributed by atoms with van der Waals surface area (Å²) in [5, 5.41) is 3.46. The van der Waals surface area contributed by atoms with Crippen LogP contribution in [0.2, 0.25) is 5.02 Å². The molecule has 1 N–H and O–H groups in total. The van der Waals surface area contributed by atoms with Crippen molar-refractivity contribution < 1.29 is 9.53 Å². The first-order valence-corrected chi connectivity index (χ1v) is 9.78. The van der Waals surface area contributed by atoms with E-state index in [4.69, 9.17) is 16.3 Å². The Bertz CT molecular complexity index is 750. The number of ether oxygens (including phenoxy) is 1. The van der Waals surface area contributed by atoms with Crippen molar-refractivity contribution in [3.05, 3.63) is 63.1 Å². The highest BCUT2D eigenvalue weighted by Gasteiger charge is 2.20. The molecule has 0 aromatic heterocycles. The molecule has 6 heteroatoms. The van der Waals surface area contributed by atoms with Crippen molar-refractivity contribution in [2.45, 2.75) is 19.9 Å². The lowest BCUT2D eigenvalue weighted by atomic mass is 10.0. The number of methoxy groups -OCH3 is 1. The van der Waals surface area contributed by atoms with Crippen molar-refractivity contribution in [2.75, 3.05) is 26.7 Å². The molecule has 0 radical (unpaired) electrons. The largest absolute Gasteiger partial charge is 0.497 e. The van der Waals surface area contributed by atoms with Crippen LogP contribution in [0, 0.1) is 0 Å². The minimum atomic E-state index is -0.184. The third kappa shape index (κ3) is 5.22. The Kier molecular flexibility index (Phi) is 7.94. The van der Waals surface area contributed by atoms with Crippen LogP contribution in [0.5, 0.6) is 5.75 Å². The van der Waals surface area contributed by atoms with Crippen LogP contribution in [0.1, 0.15) is 35.8 Å². The molecule has 2 rings (SSSR count).